The fourth-order valence-electron chi connectivity index (χ4n) is 0.352. The van der Waals surface area contributed by atoms with Crippen LogP contribution in [-0.2, 0) is 5.11 Å². The first-order chi connectivity index (χ1) is 3.68. The van der Waals surface area contributed by atoms with Gasteiger partial charge >= 0.3 is 6.23 Å². The lowest BCUT2D eigenvalue weighted by atomic mass is 10.3. The molecule has 0 aliphatic heterocycles. The van der Waals surface area contributed by atoms with Crippen LogP contribution >= 0.6 is 0 Å². The van der Waals surface area contributed by atoms with Gasteiger partial charge in [0.05, 0.1) is 4.92 Å². The molecule has 0 aliphatic rings. The maximum Gasteiger partial charge on any atom is 0.342 e. The van der Waals surface area contributed by atoms with Gasteiger partial charge in [0.25, 0.3) is 0 Å². The lowest BCUT2D eigenvalue weighted by molar-refractivity contribution is -0.582. The molecule has 1 atom stereocenters. The van der Waals surface area contributed by atoms with Gasteiger partial charge in [0.15, 0.2) is 0 Å². The summed E-state index contributed by atoms with van der Waals surface area (Å²) in [5, 5.41) is 19.7. The Morgan fingerprint density at radius 1 is 1.75 bits per heavy atom. The summed E-state index contributed by atoms with van der Waals surface area (Å²) >= 11 is 0. The first-order valence-corrected chi connectivity index (χ1v) is 2.47. The van der Waals surface area contributed by atoms with Crippen LogP contribution in [-0.4, -0.2) is 11.2 Å². The number of hydrogen-bond acceptors (Lipinski definition) is 2. The topological polar surface area (TPSA) is 63.0 Å². The fraction of sp³-hybridized carbons (Fsp3) is 1.00. The molecule has 0 aromatic heterocycles. The van der Waals surface area contributed by atoms with E-state index in [9.17, 15) is 15.2 Å². The first-order valence-electron chi connectivity index (χ1n) is 2.47. The molecule has 0 saturated heterocycles. The molecular formula is C4H8NO3. The summed E-state index contributed by atoms with van der Waals surface area (Å²) in [7, 11) is 0. The normalized spacial score (nSPS) is 13.2. The smallest absolute Gasteiger partial charge is 0.262 e. The highest BCUT2D eigenvalue weighted by molar-refractivity contribution is 4.34. The zero-order valence-electron chi connectivity index (χ0n) is 4.66. The Hall–Kier alpha value is -0.640. The van der Waals surface area contributed by atoms with Crippen molar-refractivity contribution in [3.8, 4) is 0 Å². The van der Waals surface area contributed by atoms with E-state index in [4.69, 9.17) is 0 Å². The van der Waals surface area contributed by atoms with Crippen molar-refractivity contribution in [1.29, 1.82) is 0 Å². The minimum atomic E-state index is -1.61. The third-order valence-corrected chi connectivity index (χ3v) is 0.771. The highest BCUT2D eigenvalue weighted by Crippen LogP contribution is 1.95. The van der Waals surface area contributed by atoms with Crippen LogP contribution in [0, 0.1) is 10.1 Å². The van der Waals surface area contributed by atoms with Gasteiger partial charge in [-0.05, 0) is 6.42 Å². The van der Waals surface area contributed by atoms with Gasteiger partial charge in [0.2, 0.25) is 0 Å². The molecule has 4 nitrogen and oxygen atoms in total. The molecule has 4 heteroatoms. The molecule has 0 N–H and O–H groups in total. The van der Waals surface area contributed by atoms with Crippen LogP contribution in [0.1, 0.15) is 19.8 Å². The molecule has 0 aromatic rings. The molecule has 1 unspecified atom stereocenters. The third kappa shape index (κ3) is 2.52. The lowest BCUT2D eigenvalue weighted by Crippen LogP contribution is -2.15. The minimum absolute atomic E-state index is 0.132. The second kappa shape index (κ2) is 3.37. The van der Waals surface area contributed by atoms with Crippen molar-refractivity contribution in [2.75, 3.05) is 0 Å². The van der Waals surface area contributed by atoms with Crippen molar-refractivity contribution in [1.82, 2.24) is 0 Å². The van der Waals surface area contributed by atoms with Crippen LogP contribution in [0.25, 0.3) is 0 Å². The van der Waals surface area contributed by atoms with Crippen molar-refractivity contribution in [2.24, 2.45) is 0 Å². The van der Waals surface area contributed by atoms with Crippen LogP contribution in [0.4, 0.5) is 0 Å². The number of hydrogen-bond donors (Lipinski definition) is 0. The second-order valence-electron chi connectivity index (χ2n) is 1.53. The molecule has 0 rings (SSSR count). The zero-order valence-corrected chi connectivity index (χ0v) is 4.66. The summed E-state index contributed by atoms with van der Waals surface area (Å²) in [6.07, 6.45) is -0.901. The van der Waals surface area contributed by atoms with Crippen molar-refractivity contribution in [3.63, 3.8) is 0 Å². The molecule has 47 valence electrons. The Labute approximate surface area is 47.3 Å². The number of rotatable bonds is 3. The summed E-state index contributed by atoms with van der Waals surface area (Å²) in [6.45, 7) is 1.74. The van der Waals surface area contributed by atoms with E-state index in [1.165, 1.54) is 0 Å². The van der Waals surface area contributed by atoms with Crippen LogP contribution < -0.4 is 0 Å². The number of nitrogens with zero attached hydrogens (tertiary/aromatic N) is 1. The highest BCUT2D eigenvalue weighted by Gasteiger charge is 2.14. The van der Waals surface area contributed by atoms with Crippen molar-refractivity contribution >= 4 is 0 Å². The van der Waals surface area contributed by atoms with Gasteiger partial charge in [0, 0.05) is 6.42 Å². The largest absolute Gasteiger partial charge is 0.342 e. The van der Waals surface area contributed by atoms with E-state index in [0.717, 1.165) is 0 Å². The Morgan fingerprint density at radius 3 is 2.38 bits per heavy atom. The molecule has 0 saturated carbocycles. The first kappa shape index (κ1) is 7.36. The maximum atomic E-state index is 10.1. The van der Waals surface area contributed by atoms with Gasteiger partial charge in [0.1, 0.15) is 0 Å². The average Bonchev–Trinajstić information content (AvgIpc) is 1.67. The van der Waals surface area contributed by atoms with Crippen LogP contribution in [0.5, 0.6) is 0 Å². The highest BCUT2D eigenvalue weighted by atomic mass is 16.7. The molecule has 0 heterocycles. The third-order valence-electron chi connectivity index (χ3n) is 0.771. The van der Waals surface area contributed by atoms with E-state index in [2.05, 4.69) is 0 Å². The molecule has 0 aromatic carbocycles. The molecule has 0 bridgehead atoms. The number of nitro groups is 1. The lowest BCUT2D eigenvalue weighted by Gasteiger charge is -1.94. The van der Waals surface area contributed by atoms with E-state index in [1.807, 2.05) is 0 Å². The molecule has 1 radical (unpaired) electrons. The zero-order chi connectivity index (χ0) is 6.57. The summed E-state index contributed by atoms with van der Waals surface area (Å²) in [6, 6.07) is 0. The maximum absolute atomic E-state index is 10.1. The standard InChI is InChI=1S/C4H8NO3/c1-2-3-4(6)5(7)8/h4H,2-3H2,1H3. The molecule has 0 aliphatic carbocycles. The SMILES string of the molecule is CCCC([O])[N+](=O)[O-]. The van der Waals surface area contributed by atoms with Gasteiger partial charge in [-0.15, -0.1) is 0 Å². The summed E-state index contributed by atoms with van der Waals surface area (Å²) < 4.78 is 0. The van der Waals surface area contributed by atoms with Gasteiger partial charge in [-0.3, -0.25) is 10.1 Å². The van der Waals surface area contributed by atoms with Gasteiger partial charge in [-0.25, -0.2) is 0 Å². The second-order valence-corrected chi connectivity index (χ2v) is 1.53. The van der Waals surface area contributed by atoms with Gasteiger partial charge in [-0.2, -0.15) is 5.11 Å². The van der Waals surface area contributed by atoms with Crippen LogP contribution in [0.3, 0.4) is 0 Å². The Kier molecular flexibility index (Phi) is 3.10. The summed E-state index contributed by atoms with van der Waals surface area (Å²) in [5.74, 6) is 0. The molecule has 8 heavy (non-hydrogen) atoms. The summed E-state index contributed by atoms with van der Waals surface area (Å²) in [5.41, 5.74) is 0. The minimum Gasteiger partial charge on any atom is -0.262 e. The van der Waals surface area contributed by atoms with E-state index < -0.39 is 11.2 Å². The van der Waals surface area contributed by atoms with Crippen molar-refractivity contribution in [2.45, 2.75) is 26.0 Å². The quantitative estimate of drug-likeness (QED) is 0.313. The fourth-order valence-corrected chi connectivity index (χ4v) is 0.352. The van der Waals surface area contributed by atoms with Crippen LogP contribution in [0.2, 0.25) is 0 Å². The average molecular weight is 118 g/mol. The Balaban J connectivity index is 3.32. The Morgan fingerprint density at radius 2 is 2.25 bits per heavy atom. The molecule has 0 amide bonds. The van der Waals surface area contributed by atoms with E-state index in [-0.39, 0.29) is 6.42 Å². The molecular weight excluding hydrogens is 110 g/mol. The van der Waals surface area contributed by atoms with E-state index in [0.29, 0.717) is 6.42 Å². The van der Waals surface area contributed by atoms with Gasteiger partial charge in [-0.1, -0.05) is 6.92 Å². The molecule has 0 spiro atoms. The predicted molar refractivity (Wildman–Crippen MR) is 26.4 cm³/mol. The summed E-state index contributed by atoms with van der Waals surface area (Å²) in [4.78, 5) is 8.78. The predicted octanol–water partition coefficient (Wildman–Crippen LogP) is 0.820. The Bertz CT molecular complexity index is 83.4. The van der Waals surface area contributed by atoms with E-state index in [1.54, 1.807) is 6.92 Å². The van der Waals surface area contributed by atoms with Crippen molar-refractivity contribution < 1.29 is 10.0 Å². The molecule has 0 fully saturated rings. The van der Waals surface area contributed by atoms with E-state index >= 15 is 0 Å². The van der Waals surface area contributed by atoms with Crippen LogP contribution in [0.15, 0.2) is 0 Å². The van der Waals surface area contributed by atoms with Gasteiger partial charge < -0.3 is 0 Å². The van der Waals surface area contributed by atoms with Crippen molar-refractivity contribution in [3.05, 3.63) is 10.1 Å². The monoisotopic (exact) mass is 118 g/mol.